The molecule has 6 nitrogen and oxygen atoms in total. The fourth-order valence-corrected chi connectivity index (χ4v) is 6.03. The summed E-state index contributed by atoms with van der Waals surface area (Å²) in [5, 5.41) is 0. The van der Waals surface area contributed by atoms with Gasteiger partial charge in [-0.1, -0.05) is 25.1 Å². The lowest BCUT2D eigenvalue weighted by Gasteiger charge is -2.37. The Bertz CT molecular complexity index is 1030. The number of ether oxygens (including phenoxy) is 1. The first kappa shape index (κ1) is 21.8. The van der Waals surface area contributed by atoms with Crippen molar-refractivity contribution in [3.8, 4) is 5.75 Å². The van der Waals surface area contributed by atoms with Gasteiger partial charge in [0.2, 0.25) is 15.9 Å². The summed E-state index contributed by atoms with van der Waals surface area (Å²) in [4.78, 5) is 15.5. The van der Waals surface area contributed by atoms with Gasteiger partial charge >= 0.3 is 0 Å². The molecule has 1 unspecified atom stereocenters. The van der Waals surface area contributed by atoms with E-state index < -0.39 is 10.0 Å². The van der Waals surface area contributed by atoms with E-state index in [1.54, 1.807) is 24.3 Å². The molecular weight excluding hydrogens is 412 g/mol. The van der Waals surface area contributed by atoms with E-state index in [0.29, 0.717) is 44.2 Å². The highest BCUT2D eigenvalue weighted by molar-refractivity contribution is 7.89. The highest BCUT2D eigenvalue weighted by Crippen LogP contribution is 2.36. The molecule has 2 aliphatic rings. The Morgan fingerprint density at radius 2 is 1.68 bits per heavy atom. The molecule has 7 heteroatoms. The van der Waals surface area contributed by atoms with Crippen LogP contribution in [0.25, 0.3) is 0 Å². The van der Waals surface area contributed by atoms with Gasteiger partial charge < -0.3 is 9.64 Å². The number of sulfonamides is 1. The molecule has 166 valence electrons. The van der Waals surface area contributed by atoms with Crippen LogP contribution in [0.5, 0.6) is 5.75 Å². The van der Waals surface area contributed by atoms with Crippen molar-refractivity contribution in [1.29, 1.82) is 0 Å². The number of carbonyl (C=O) groups is 1. The number of fused-ring (bicyclic) bond motifs is 1. The number of nitrogens with zero attached hydrogens (tertiary/aromatic N) is 2. The largest absolute Gasteiger partial charge is 0.494 e. The van der Waals surface area contributed by atoms with Gasteiger partial charge in [0.1, 0.15) is 5.75 Å². The van der Waals surface area contributed by atoms with E-state index >= 15 is 0 Å². The van der Waals surface area contributed by atoms with Crippen molar-refractivity contribution in [1.82, 2.24) is 4.31 Å². The van der Waals surface area contributed by atoms with E-state index in [1.807, 2.05) is 30.0 Å². The first-order valence-corrected chi connectivity index (χ1v) is 12.5. The molecule has 31 heavy (non-hydrogen) atoms. The lowest BCUT2D eigenvalue weighted by atomic mass is 9.89. The number of piperidine rings is 1. The monoisotopic (exact) mass is 442 g/mol. The van der Waals surface area contributed by atoms with Crippen molar-refractivity contribution in [2.24, 2.45) is 5.92 Å². The molecule has 0 spiro atoms. The summed E-state index contributed by atoms with van der Waals surface area (Å²) in [5.74, 6) is 1.08. The van der Waals surface area contributed by atoms with Gasteiger partial charge in [0.05, 0.1) is 11.5 Å². The van der Waals surface area contributed by atoms with Gasteiger partial charge in [-0.2, -0.15) is 4.31 Å². The van der Waals surface area contributed by atoms with Crippen LogP contribution in [0.1, 0.15) is 44.6 Å². The van der Waals surface area contributed by atoms with E-state index in [0.717, 1.165) is 18.7 Å². The van der Waals surface area contributed by atoms with Crippen molar-refractivity contribution >= 4 is 21.6 Å². The Labute approximate surface area is 184 Å². The zero-order valence-electron chi connectivity index (χ0n) is 18.2. The molecule has 2 aromatic rings. The molecule has 0 aromatic heterocycles. The first-order valence-electron chi connectivity index (χ1n) is 11.0. The lowest BCUT2D eigenvalue weighted by Crippen LogP contribution is -2.46. The summed E-state index contributed by atoms with van der Waals surface area (Å²) in [6, 6.07) is 14.7. The Balaban J connectivity index is 1.43. The third-order valence-corrected chi connectivity index (χ3v) is 8.30. The maximum atomic E-state index is 13.3. The molecule has 0 saturated carbocycles. The molecule has 1 saturated heterocycles. The number of hydrogen-bond donors (Lipinski definition) is 0. The predicted molar refractivity (Wildman–Crippen MR) is 121 cm³/mol. The maximum Gasteiger partial charge on any atom is 0.243 e. The summed E-state index contributed by atoms with van der Waals surface area (Å²) in [6.07, 6.45) is 2.04. The third-order valence-electron chi connectivity index (χ3n) is 6.39. The van der Waals surface area contributed by atoms with Crippen LogP contribution in [0, 0.1) is 5.92 Å². The summed E-state index contributed by atoms with van der Waals surface area (Å²) in [7, 11) is -3.57. The summed E-state index contributed by atoms with van der Waals surface area (Å²) in [6.45, 7) is 6.06. The third kappa shape index (κ3) is 4.34. The fraction of sp³-hybridized carbons (Fsp3) is 0.458. The van der Waals surface area contributed by atoms with E-state index in [-0.39, 0.29) is 16.7 Å². The van der Waals surface area contributed by atoms with Crippen molar-refractivity contribution in [2.75, 3.05) is 31.1 Å². The second-order valence-corrected chi connectivity index (χ2v) is 10.3. The highest BCUT2D eigenvalue weighted by atomic mass is 32.2. The van der Waals surface area contributed by atoms with Gasteiger partial charge in [-0.3, -0.25) is 4.79 Å². The number of para-hydroxylation sites is 1. The van der Waals surface area contributed by atoms with Crippen LogP contribution >= 0.6 is 0 Å². The Hall–Kier alpha value is -2.38. The van der Waals surface area contributed by atoms with Gasteiger partial charge in [0, 0.05) is 31.2 Å². The van der Waals surface area contributed by atoms with Gasteiger partial charge in [0.25, 0.3) is 0 Å². The smallest absolute Gasteiger partial charge is 0.243 e. The second-order valence-electron chi connectivity index (χ2n) is 8.32. The van der Waals surface area contributed by atoms with Gasteiger partial charge in [-0.05, 0) is 68.0 Å². The molecule has 0 aliphatic carbocycles. The number of rotatable bonds is 5. The Kier molecular flexibility index (Phi) is 6.34. The molecule has 1 amide bonds. The van der Waals surface area contributed by atoms with Crippen LogP contribution in [0.3, 0.4) is 0 Å². The molecule has 4 rings (SSSR count). The van der Waals surface area contributed by atoms with E-state index in [1.165, 1.54) is 9.87 Å². The molecule has 1 atom stereocenters. The minimum atomic E-state index is -3.57. The zero-order chi connectivity index (χ0) is 22.0. The molecule has 2 aromatic carbocycles. The predicted octanol–water partition coefficient (Wildman–Crippen LogP) is 4.03. The van der Waals surface area contributed by atoms with Gasteiger partial charge in [0.15, 0.2) is 0 Å². The standard InChI is InChI=1S/C24H30N2O4S/c1-3-30-20-8-10-21(11-9-20)31(28,29)25-15-13-19(14-16-25)24(27)26-17-12-18(2)22-6-4-5-7-23(22)26/h4-11,18-19H,3,12-17H2,1-2H3. The average molecular weight is 443 g/mol. The topological polar surface area (TPSA) is 66.9 Å². The van der Waals surface area contributed by atoms with Crippen LogP contribution in [0.15, 0.2) is 53.4 Å². The van der Waals surface area contributed by atoms with Crippen molar-refractivity contribution < 1.29 is 17.9 Å². The minimum Gasteiger partial charge on any atom is -0.494 e. The lowest BCUT2D eigenvalue weighted by molar-refractivity contribution is -0.123. The van der Waals surface area contributed by atoms with Crippen LogP contribution < -0.4 is 9.64 Å². The maximum absolute atomic E-state index is 13.3. The number of carbonyl (C=O) groups excluding carboxylic acids is 1. The number of hydrogen-bond acceptors (Lipinski definition) is 4. The van der Waals surface area contributed by atoms with E-state index in [9.17, 15) is 13.2 Å². The van der Waals surface area contributed by atoms with Crippen LogP contribution in [0.2, 0.25) is 0 Å². The summed E-state index contributed by atoms with van der Waals surface area (Å²) < 4.78 is 32.9. The number of amides is 1. The molecular formula is C24H30N2O4S. The molecule has 0 radical (unpaired) electrons. The van der Waals surface area contributed by atoms with Gasteiger partial charge in [-0.15, -0.1) is 0 Å². The molecule has 2 aliphatic heterocycles. The Morgan fingerprint density at radius 3 is 2.35 bits per heavy atom. The first-order chi connectivity index (χ1) is 14.9. The molecule has 1 fully saturated rings. The molecule has 0 N–H and O–H groups in total. The quantitative estimate of drug-likeness (QED) is 0.701. The summed E-state index contributed by atoms with van der Waals surface area (Å²) >= 11 is 0. The molecule has 0 bridgehead atoms. The fourth-order valence-electron chi connectivity index (χ4n) is 4.56. The second kappa shape index (κ2) is 9.01. The SMILES string of the molecule is CCOc1ccc(S(=O)(=O)N2CCC(C(=O)N3CCC(C)c4ccccc43)CC2)cc1. The zero-order valence-corrected chi connectivity index (χ0v) is 19.0. The van der Waals surface area contributed by atoms with Gasteiger partial charge in [-0.25, -0.2) is 8.42 Å². The normalized spacial score (nSPS) is 20.3. The average Bonchev–Trinajstić information content (AvgIpc) is 2.80. The summed E-state index contributed by atoms with van der Waals surface area (Å²) in [5.41, 5.74) is 2.23. The van der Waals surface area contributed by atoms with Crippen LogP contribution in [0.4, 0.5) is 5.69 Å². The number of benzene rings is 2. The van der Waals surface area contributed by atoms with Crippen LogP contribution in [-0.2, 0) is 14.8 Å². The highest BCUT2D eigenvalue weighted by Gasteiger charge is 2.36. The van der Waals surface area contributed by atoms with Crippen molar-refractivity contribution in [3.05, 3.63) is 54.1 Å². The van der Waals surface area contributed by atoms with E-state index in [2.05, 4.69) is 13.0 Å². The Morgan fingerprint density at radius 1 is 1.00 bits per heavy atom. The van der Waals surface area contributed by atoms with Crippen molar-refractivity contribution in [2.45, 2.75) is 43.9 Å². The minimum absolute atomic E-state index is 0.123. The van der Waals surface area contributed by atoms with E-state index in [4.69, 9.17) is 4.74 Å². The van der Waals surface area contributed by atoms with Crippen LogP contribution in [-0.4, -0.2) is 44.9 Å². The number of anilines is 1. The van der Waals surface area contributed by atoms with Crippen molar-refractivity contribution in [3.63, 3.8) is 0 Å². The molecule has 2 heterocycles.